The smallest absolute Gasteiger partial charge is 0.220 e. The Balaban J connectivity index is 2.13. The molecule has 1 atom stereocenters. The van der Waals surface area contributed by atoms with Gasteiger partial charge in [0.05, 0.1) is 6.20 Å². The van der Waals surface area contributed by atoms with Gasteiger partial charge in [0.2, 0.25) is 5.91 Å². The van der Waals surface area contributed by atoms with Crippen LogP contribution in [0.25, 0.3) is 5.65 Å². The van der Waals surface area contributed by atoms with Gasteiger partial charge in [-0.3, -0.25) is 4.79 Å². The normalized spacial score (nSPS) is 12.4. The minimum absolute atomic E-state index is 0.0235. The van der Waals surface area contributed by atoms with Crippen LogP contribution in [0.3, 0.4) is 0 Å². The lowest BCUT2D eigenvalue weighted by Gasteiger charge is -2.21. The highest BCUT2D eigenvalue weighted by Gasteiger charge is 2.18. The number of hydrogen-bond donors (Lipinski definition) is 2. The number of fused-ring (bicyclic) bond motifs is 1. The first-order valence-corrected chi connectivity index (χ1v) is 8.53. The lowest BCUT2D eigenvalue weighted by molar-refractivity contribution is -0.122. The van der Waals surface area contributed by atoms with Crippen LogP contribution >= 0.6 is 0 Å². The number of aliphatic hydroxyl groups is 1. The molecular weight excluding hydrogens is 318 g/mol. The van der Waals surface area contributed by atoms with Gasteiger partial charge in [-0.25, -0.2) is 9.50 Å². The third-order valence-electron chi connectivity index (χ3n) is 4.52. The van der Waals surface area contributed by atoms with Crippen LogP contribution in [0.4, 0.5) is 0 Å². The average Bonchev–Trinajstić information content (AvgIpc) is 2.97. The van der Waals surface area contributed by atoms with Gasteiger partial charge in [0, 0.05) is 30.5 Å². The van der Waals surface area contributed by atoms with E-state index in [1.54, 1.807) is 4.52 Å². The van der Waals surface area contributed by atoms with Gasteiger partial charge in [0.1, 0.15) is 11.6 Å². The molecule has 2 aromatic rings. The van der Waals surface area contributed by atoms with Crippen molar-refractivity contribution < 1.29 is 9.90 Å². The maximum Gasteiger partial charge on any atom is 0.220 e. The zero-order valence-corrected chi connectivity index (χ0v) is 15.2. The average molecular weight is 343 g/mol. The third kappa shape index (κ3) is 4.15. The molecule has 134 valence electrons. The molecule has 1 amide bonds. The van der Waals surface area contributed by atoms with Crippen LogP contribution in [-0.4, -0.2) is 38.3 Å². The lowest BCUT2D eigenvalue weighted by Crippen LogP contribution is -2.39. The number of rotatable bonds is 7. The third-order valence-corrected chi connectivity index (χ3v) is 4.52. The quantitative estimate of drug-likeness (QED) is 0.796. The van der Waals surface area contributed by atoms with Gasteiger partial charge in [0.15, 0.2) is 5.65 Å². The predicted octanol–water partition coefficient (Wildman–Crippen LogP) is 1.67. The van der Waals surface area contributed by atoms with Crippen molar-refractivity contribution >= 4 is 11.6 Å². The summed E-state index contributed by atoms with van der Waals surface area (Å²) in [5, 5.41) is 25.4. The van der Waals surface area contributed by atoms with E-state index in [4.69, 9.17) is 10.4 Å². The zero-order valence-electron chi connectivity index (χ0n) is 15.2. The van der Waals surface area contributed by atoms with Crippen molar-refractivity contribution in [2.24, 2.45) is 5.92 Å². The summed E-state index contributed by atoms with van der Waals surface area (Å²) in [6.07, 6.45) is 2.96. The summed E-state index contributed by atoms with van der Waals surface area (Å²) < 4.78 is 1.65. The molecule has 0 aromatic carbocycles. The molecule has 1 unspecified atom stereocenters. The molecule has 2 aromatic heterocycles. The Labute approximate surface area is 147 Å². The second kappa shape index (κ2) is 8.08. The molecule has 0 aliphatic heterocycles. The highest BCUT2D eigenvalue weighted by molar-refractivity contribution is 5.76. The number of nitrogens with zero attached hydrogens (tertiary/aromatic N) is 4. The Hall–Kier alpha value is -2.46. The first kappa shape index (κ1) is 18.9. The summed E-state index contributed by atoms with van der Waals surface area (Å²) in [5.74, 6) is 0.232. The SMILES string of the molecule is Cc1nc2c(C#N)cnn2c(C)c1CCC(=O)NC(CCO)C(C)C. The number of aromatic nitrogens is 3. The number of nitriles is 1. The van der Waals surface area contributed by atoms with Crippen molar-refractivity contribution in [2.45, 2.75) is 53.0 Å². The molecular formula is C18H25N5O2. The van der Waals surface area contributed by atoms with E-state index >= 15 is 0 Å². The lowest BCUT2D eigenvalue weighted by atomic mass is 10.0. The van der Waals surface area contributed by atoms with Gasteiger partial charge >= 0.3 is 0 Å². The van der Waals surface area contributed by atoms with Crippen LogP contribution in [0.2, 0.25) is 0 Å². The van der Waals surface area contributed by atoms with E-state index in [9.17, 15) is 4.79 Å². The first-order valence-electron chi connectivity index (χ1n) is 8.53. The molecule has 2 heterocycles. The fourth-order valence-electron chi connectivity index (χ4n) is 2.98. The molecule has 0 bridgehead atoms. The van der Waals surface area contributed by atoms with Crippen LogP contribution < -0.4 is 5.32 Å². The van der Waals surface area contributed by atoms with Gasteiger partial charge in [-0.15, -0.1) is 0 Å². The van der Waals surface area contributed by atoms with Gasteiger partial charge in [-0.1, -0.05) is 13.8 Å². The van der Waals surface area contributed by atoms with Crippen LogP contribution in [0.1, 0.15) is 49.2 Å². The molecule has 7 nitrogen and oxygen atoms in total. The van der Waals surface area contributed by atoms with Gasteiger partial charge in [-0.2, -0.15) is 10.4 Å². The Bertz CT molecular complexity index is 804. The summed E-state index contributed by atoms with van der Waals surface area (Å²) >= 11 is 0. The predicted molar refractivity (Wildman–Crippen MR) is 94.0 cm³/mol. The maximum absolute atomic E-state index is 12.3. The fourth-order valence-corrected chi connectivity index (χ4v) is 2.98. The molecule has 0 fully saturated rings. The van der Waals surface area contributed by atoms with Crippen molar-refractivity contribution in [1.29, 1.82) is 5.26 Å². The van der Waals surface area contributed by atoms with E-state index in [1.807, 2.05) is 27.7 Å². The second-order valence-electron chi connectivity index (χ2n) is 6.60. The molecule has 0 radical (unpaired) electrons. The molecule has 2 rings (SSSR count). The summed E-state index contributed by atoms with van der Waals surface area (Å²) in [5.41, 5.74) is 3.67. The number of carbonyl (C=O) groups is 1. The maximum atomic E-state index is 12.3. The van der Waals surface area contributed by atoms with Gasteiger partial charge in [-0.05, 0) is 38.2 Å². The Morgan fingerprint density at radius 1 is 1.44 bits per heavy atom. The highest BCUT2D eigenvalue weighted by Crippen LogP contribution is 2.18. The minimum Gasteiger partial charge on any atom is -0.396 e. The number of nitrogens with one attached hydrogen (secondary N) is 1. The number of hydrogen-bond acceptors (Lipinski definition) is 5. The summed E-state index contributed by atoms with van der Waals surface area (Å²) in [4.78, 5) is 16.7. The van der Waals surface area contributed by atoms with Crippen molar-refractivity contribution in [3.63, 3.8) is 0 Å². The highest BCUT2D eigenvalue weighted by atomic mass is 16.3. The van der Waals surface area contributed by atoms with Crippen LogP contribution in [0.15, 0.2) is 6.20 Å². The summed E-state index contributed by atoms with van der Waals surface area (Å²) in [6, 6.07) is 2.06. The summed E-state index contributed by atoms with van der Waals surface area (Å²) in [6.45, 7) is 7.92. The number of carbonyl (C=O) groups excluding carboxylic acids is 1. The van der Waals surface area contributed by atoms with Crippen molar-refractivity contribution in [1.82, 2.24) is 19.9 Å². The zero-order chi connectivity index (χ0) is 18.6. The standard InChI is InChI=1S/C18H25N5O2/c1-11(2)16(7-8-24)22-17(25)6-5-15-12(3)21-18-14(9-19)10-20-23(18)13(15)4/h10-11,16,24H,5-8H2,1-4H3,(H,22,25). The molecule has 0 spiro atoms. The largest absolute Gasteiger partial charge is 0.396 e. The van der Waals surface area contributed by atoms with E-state index in [-0.39, 0.29) is 24.5 Å². The monoisotopic (exact) mass is 343 g/mol. The van der Waals surface area contributed by atoms with Crippen LogP contribution in [-0.2, 0) is 11.2 Å². The summed E-state index contributed by atoms with van der Waals surface area (Å²) in [7, 11) is 0. The van der Waals surface area contributed by atoms with E-state index < -0.39 is 0 Å². The van der Waals surface area contributed by atoms with Crippen molar-refractivity contribution in [3.05, 3.63) is 28.7 Å². The number of amides is 1. The van der Waals surface area contributed by atoms with Crippen molar-refractivity contribution in [2.75, 3.05) is 6.61 Å². The molecule has 0 saturated carbocycles. The Morgan fingerprint density at radius 3 is 2.76 bits per heavy atom. The number of aliphatic hydroxyl groups excluding tert-OH is 1. The molecule has 7 heteroatoms. The van der Waals surface area contributed by atoms with Crippen LogP contribution in [0.5, 0.6) is 0 Å². The Morgan fingerprint density at radius 2 is 2.16 bits per heavy atom. The fraction of sp³-hybridized carbons (Fsp3) is 0.556. The molecule has 0 aliphatic carbocycles. The van der Waals surface area contributed by atoms with Gasteiger partial charge < -0.3 is 10.4 Å². The van der Waals surface area contributed by atoms with E-state index in [0.29, 0.717) is 30.5 Å². The van der Waals surface area contributed by atoms with E-state index in [2.05, 4.69) is 21.5 Å². The molecule has 0 saturated heterocycles. The second-order valence-corrected chi connectivity index (χ2v) is 6.60. The van der Waals surface area contributed by atoms with Gasteiger partial charge in [0.25, 0.3) is 0 Å². The van der Waals surface area contributed by atoms with E-state index in [1.165, 1.54) is 6.20 Å². The van der Waals surface area contributed by atoms with E-state index in [0.717, 1.165) is 17.0 Å². The minimum atomic E-state index is -0.0378. The molecule has 25 heavy (non-hydrogen) atoms. The molecule has 0 aliphatic rings. The Kier molecular flexibility index (Phi) is 6.10. The van der Waals surface area contributed by atoms with Crippen LogP contribution in [0, 0.1) is 31.1 Å². The van der Waals surface area contributed by atoms with Crippen molar-refractivity contribution in [3.8, 4) is 6.07 Å². The number of aryl methyl sites for hydroxylation is 2. The topological polar surface area (TPSA) is 103 Å². The molecule has 2 N–H and O–H groups in total. The first-order chi connectivity index (χ1) is 11.9.